The van der Waals surface area contributed by atoms with E-state index < -0.39 is 11.9 Å². The van der Waals surface area contributed by atoms with Crippen LogP contribution in [0.3, 0.4) is 0 Å². The van der Waals surface area contributed by atoms with Gasteiger partial charge in [0.2, 0.25) is 0 Å². The third-order valence-corrected chi connectivity index (χ3v) is 4.48. The number of hydrogen-bond donors (Lipinski definition) is 2. The van der Waals surface area contributed by atoms with Crippen molar-refractivity contribution >= 4 is 11.9 Å². The fraction of sp³-hybridized carbons (Fsp3) is 0.143. The first-order chi connectivity index (χ1) is 14.5. The summed E-state index contributed by atoms with van der Waals surface area (Å²) in [4.78, 5) is 24.9. The van der Waals surface area contributed by atoms with Crippen LogP contribution in [0.15, 0.2) is 60.4 Å². The Morgan fingerprint density at radius 3 is 2.37 bits per heavy atom. The number of aromatic hydroxyl groups is 1. The van der Waals surface area contributed by atoms with Crippen molar-refractivity contribution in [1.82, 2.24) is 26.2 Å². The van der Waals surface area contributed by atoms with Gasteiger partial charge in [-0.05, 0) is 35.4 Å². The molecule has 3 amide bonds. The average Bonchev–Trinajstić information content (AvgIpc) is 3.25. The number of methoxy groups -OCH3 is 1. The summed E-state index contributed by atoms with van der Waals surface area (Å²) < 4.78 is 5.18. The van der Waals surface area contributed by atoms with Crippen LogP contribution in [0.4, 0.5) is 4.79 Å². The molecule has 0 aromatic heterocycles. The Labute approximate surface area is 173 Å². The van der Waals surface area contributed by atoms with E-state index in [0.717, 1.165) is 22.6 Å². The van der Waals surface area contributed by atoms with Crippen LogP contribution in [0.5, 0.6) is 11.5 Å². The van der Waals surface area contributed by atoms with E-state index in [-0.39, 0.29) is 18.2 Å². The van der Waals surface area contributed by atoms with Crippen LogP contribution in [0.25, 0.3) is 0 Å². The Balaban J connectivity index is 1.49. The zero-order valence-corrected chi connectivity index (χ0v) is 16.1. The van der Waals surface area contributed by atoms with E-state index in [1.54, 1.807) is 36.3 Å². The third-order valence-electron chi connectivity index (χ3n) is 4.48. The molecule has 0 spiro atoms. The molecule has 4 rings (SSSR count). The quantitative estimate of drug-likeness (QED) is 0.674. The smallest absolute Gasteiger partial charge is 0.345 e. The Morgan fingerprint density at radius 2 is 1.73 bits per heavy atom. The zero-order chi connectivity index (χ0) is 21.1. The number of nitrogens with one attached hydrogen (secondary N) is 1. The minimum atomic E-state index is -0.742. The molecule has 2 aromatic carbocycles. The number of hydrogen-bond acceptors (Lipinski definition) is 5. The number of rotatable bonds is 7. The molecule has 5 radical (unpaired) electrons. The number of phenolic OH excluding ortho intramolecular Hbond substituents is 1. The highest BCUT2D eigenvalue weighted by Gasteiger charge is 2.40. The fourth-order valence-electron chi connectivity index (χ4n) is 3.00. The first-order valence-corrected chi connectivity index (χ1v) is 9.13. The summed E-state index contributed by atoms with van der Waals surface area (Å²) in [5.41, 5.74) is 2.68. The number of allylic oxidation sites excluding steroid dienone is 1. The SMILES string of the molecule is COc1ccc(CC2=CN(Cc3ccc(O)cc3)[C]([N][C]3[N]C(=O)NC3=O)[N]2)cc1. The molecular weight excluding hydrogens is 386 g/mol. The van der Waals surface area contributed by atoms with Crippen LogP contribution in [0.1, 0.15) is 11.1 Å². The highest BCUT2D eigenvalue weighted by atomic mass is 16.5. The number of benzene rings is 2. The van der Waals surface area contributed by atoms with E-state index in [1.807, 2.05) is 30.5 Å². The van der Waals surface area contributed by atoms with Crippen molar-refractivity contribution in [3.63, 3.8) is 0 Å². The first kappa shape index (κ1) is 19.6. The number of amides is 3. The molecule has 2 aliphatic heterocycles. The standard InChI is InChI=1S/C21H18N5O4/c1-30-17-8-4-13(5-9-17)10-15-12-26(11-14-2-6-16(27)7-3-14)20(22-15)23-18-19(28)25-21(29)24-18/h2-9,12,27H,10-11H2,1H3,(H,25,28,29). The Kier molecular flexibility index (Phi) is 5.44. The monoisotopic (exact) mass is 404 g/mol. The maximum Gasteiger partial charge on any atom is 0.345 e. The maximum absolute atomic E-state index is 11.8. The van der Waals surface area contributed by atoms with Crippen LogP contribution in [0.2, 0.25) is 0 Å². The topological polar surface area (TPSA) is 121 Å². The number of carbonyl (C=O) groups is 2. The van der Waals surface area contributed by atoms with Gasteiger partial charge in [-0.2, -0.15) is 5.32 Å². The van der Waals surface area contributed by atoms with Crippen molar-refractivity contribution in [2.75, 3.05) is 7.11 Å². The van der Waals surface area contributed by atoms with Gasteiger partial charge in [0.1, 0.15) is 11.5 Å². The number of phenols is 1. The molecule has 0 unspecified atom stereocenters. The van der Waals surface area contributed by atoms with Crippen molar-refractivity contribution in [2.24, 2.45) is 0 Å². The molecule has 151 valence electrons. The second kappa shape index (κ2) is 8.34. The largest absolute Gasteiger partial charge is 0.508 e. The van der Waals surface area contributed by atoms with Gasteiger partial charge in [-0.3, -0.25) is 10.1 Å². The molecular formula is C21H18N5O4. The molecule has 2 aliphatic rings. The van der Waals surface area contributed by atoms with E-state index in [1.165, 1.54) is 0 Å². The molecule has 2 heterocycles. The summed E-state index contributed by atoms with van der Waals surface area (Å²) in [7, 11) is 1.61. The molecule has 2 aromatic rings. The van der Waals surface area contributed by atoms with Crippen LogP contribution in [0, 0.1) is 12.5 Å². The molecule has 0 atom stereocenters. The number of carbonyl (C=O) groups excluding carboxylic acids is 2. The van der Waals surface area contributed by atoms with Crippen molar-refractivity contribution in [3.8, 4) is 11.5 Å². The second-order valence-corrected chi connectivity index (χ2v) is 6.66. The lowest BCUT2D eigenvalue weighted by molar-refractivity contribution is -0.118. The van der Waals surface area contributed by atoms with Crippen molar-refractivity contribution in [2.45, 2.75) is 13.0 Å². The Bertz CT molecular complexity index is 958. The molecule has 9 heteroatoms. The van der Waals surface area contributed by atoms with Crippen molar-refractivity contribution in [1.29, 1.82) is 0 Å². The Morgan fingerprint density at radius 1 is 1.03 bits per heavy atom. The summed E-state index contributed by atoms with van der Waals surface area (Å²) >= 11 is 0. The third kappa shape index (κ3) is 4.47. The van der Waals surface area contributed by atoms with E-state index in [4.69, 9.17) is 4.74 Å². The fourth-order valence-corrected chi connectivity index (χ4v) is 3.00. The normalized spacial score (nSPS) is 16.8. The molecule has 30 heavy (non-hydrogen) atoms. The van der Waals surface area contributed by atoms with Gasteiger partial charge >= 0.3 is 6.03 Å². The van der Waals surface area contributed by atoms with Gasteiger partial charge in [-0.15, -0.1) is 5.32 Å². The predicted octanol–water partition coefficient (Wildman–Crippen LogP) is 1.30. The second-order valence-electron chi connectivity index (χ2n) is 6.66. The minimum absolute atomic E-state index is 0.171. The summed E-state index contributed by atoms with van der Waals surface area (Å²) in [6.07, 6.45) is 2.42. The highest BCUT2D eigenvalue weighted by Crippen LogP contribution is 2.26. The van der Waals surface area contributed by atoms with Gasteiger partial charge < -0.3 is 14.7 Å². The first-order valence-electron chi connectivity index (χ1n) is 9.13. The van der Waals surface area contributed by atoms with Gasteiger partial charge in [-0.25, -0.2) is 10.1 Å². The van der Waals surface area contributed by atoms with Crippen LogP contribution < -0.4 is 26.0 Å². The summed E-state index contributed by atoms with van der Waals surface area (Å²) in [5.74, 6) is 0.281. The van der Waals surface area contributed by atoms with Crippen LogP contribution in [-0.2, 0) is 17.8 Å². The molecule has 1 fully saturated rings. The molecule has 0 aliphatic carbocycles. The van der Waals surface area contributed by atoms with Crippen molar-refractivity contribution < 1.29 is 19.4 Å². The molecule has 0 saturated carbocycles. The summed E-state index contributed by atoms with van der Waals surface area (Å²) in [6, 6.07) is 13.6. The zero-order valence-electron chi connectivity index (χ0n) is 16.1. The lowest BCUT2D eigenvalue weighted by Gasteiger charge is -2.22. The minimum Gasteiger partial charge on any atom is -0.508 e. The van der Waals surface area contributed by atoms with Crippen LogP contribution >= 0.6 is 0 Å². The predicted molar refractivity (Wildman–Crippen MR) is 105 cm³/mol. The van der Waals surface area contributed by atoms with Gasteiger partial charge in [0.05, 0.1) is 12.8 Å². The van der Waals surface area contributed by atoms with Gasteiger partial charge in [0.25, 0.3) is 18.4 Å². The van der Waals surface area contributed by atoms with E-state index >= 15 is 0 Å². The Hall–Kier alpha value is -3.72. The number of urea groups is 1. The van der Waals surface area contributed by atoms with E-state index in [0.29, 0.717) is 13.0 Å². The lowest BCUT2D eigenvalue weighted by Crippen LogP contribution is -2.38. The maximum atomic E-state index is 11.8. The highest BCUT2D eigenvalue weighted by molar-refractivity contribution is 6.08. The van der Waals surface area contributed by atoms with E-state index in [9.17, 15) is 14.7 Å². The average molecular weight is 404 g/mol. The number of imide groups is 1. The molecule has 9 nitrogen and oxygen atoms in total. The summed E-state index contributed by atoms with van der Waals surface area (Å²) in [6.45, 7) is 0.414. The molecule has 2 N–H and O–H groups in total. The summed E-state index contributed by atoms with van der Waals surface area (Å²) in [5, 5.41) is 23.9. The van der Waals surface area contributed by atoms with Gasteiger partial charge in [0, 0.05) is 19.2 Å². The molecule has 1 saturated heterocycles. The van der Waals surface area contributed by atoms with Crippen molar-refractivity contribution in [3.05, 3.63) is 84.0 Å². The number of nitrogens with zero attached hydrogens (tertiary/aromatic N) is 4. The lowest BCUT2D eigenvalue weighted by atomic mass is 10.1. The van der Waals surface area contributed by atoms with Crippen LogP contribution in [-0.4, -0.2) is 29.1 Å². The van der Waals surface area contributed by atoms with Gasteiger partial charge in [-0.1, -0.05) is 24.3 Å². The molecule has 0 bridgehead atoms. The number of ether oxygens (including phenoxy) is 1. The van der Waals surface area contributed by atoms with Gasteiger partial charge in [0.15, 0.2) is 0 Å². The van der Waals surface area contributed by atoms with E-state index in [2.05, 4.69) is 21.3 Å².